The fourth-order valence-corrected chi connectivity index (χ4v) is 4.51. The van der Waals surface area contributed by atoms with Gasteiger partial charge in [0.1, 0.15) is 24.8 Å². The number of amides is 3. The molecular formula is C25H33BrFN7O4. The minimum absolute atomic E-state index is 0.137. The monoisotopic (exact) mass is 593 g/mol. The van der Waals surface area contributed by atoms with Gasteiger partial charge in [-0.3, -0.25) is 24.6 Å². The van der Waals surface area contributed by atoms with E-state index in [0.29, 0.717) is 23.7 Å². The predicted molar refractivity (Wildman–Crippen MR) is 142 cm³/mol. The first-order chi connectivity index (χ1) is 18.0. The van der Waals surface area contributed by atoms with E-state index in [1.54, 1.807) is 19.9 Å². The van der Waals surface area contributed by atoms with Crippen molar-refractivity contribution in [2.24, 2.45) is 11.7 Å². The fraction of sp³-hybridized carbons (Fsp3) is 0.520. The van der Waals surface area contributed by atoms with Crippen LogP contribution >= 0.6 is 15.9 Å². The zero-order valence-corrected chi connectivity index (χ0v) is 22.9. The van der Waals surface area contributed by atoms with Crippen molar-refractivity contribution < 1.29 is 23.6 Å². The molecule has 1 aliphatic heterocycles. The Bertz CT molecular complexity index is 1110. The van der Waals surface area contributed by atoms with E-state index < -0.39 is 48.3 Å². The maximum Gasteiger partial charge on any atom is 0.251 e. The lowest BCUT2D eigenvalue weighted by atomic mass is 10.0. The minimum Gasteiger partial charge on any atom is -0.370 e. The molecule has 0 unspecified atom stereocenters. The Balaban J connectivity index is 2.12. The average molecular weight is 594 g/mol. The van der Waals surface area contributed by atoms with E-state index in [1.807, 2.05) is 6.07 Å². The molecule has 1 heterocycles. The number of halogens is 2. The summed E-state index contributed by atoms with van der Waals surface area (Å²) in [5.41, 5.74) is 5.71. The highest BCUT2D eigenvalue weighted by molar-refractivity contribution is 9.10. The number of guanidine groups is 1. The normalized spacial score (nSPS) is 16.3. The number of ketones is 1. The van der Waals surface area contributed by atoms with Crippen molar-refractivity contribution in [1.82, 2.24) is 20.9 Å². The first kappa shape index (κ1) is 30.7. The second kappa shape index (κ2) is 14.4. The number of benzene rings is 1. The number of nitrogens with one attached hydrogen (secondary N) is 4. The van der Waals surface area contributed by atoms with Crippen molar-refractivity contribution in [2.75, 3.05) is 19.8 Å². The molecule has 2 rings (SSSR count). The number of nitrogens with two attached hydrogens (primary N) is 1. The number of alkyl halides is 1. The third-order valence-corrected chi connectivity index (χ3v) is 6.92. The highest BCUT2D eigenvalue weighted by Crippen LogP contribution is 2.22. The van der Waals surface area contributed by atoms with Gasteiger partial charge < -0.3 is 26.6 Å². The molecule has 1 aromatic carbocycles. The summed E-state index contributed by atoms with van der Waals surface area (Å²) >= 11 is 3.24. The van der Waals surface area contributed by atoms with Gasteiger partial charge in [-0.1, -0.05) is 13.8 Å². The van der Waals surface area contributed by atoms with Crippen LogP contribution in [0.5, 0.6) is 0 Å². The fourth-order valence-electron chi connectivity index (χ4n) is 4.18. The van der Waals surface area contributed by atoms with Gasteiger partial charge in [0.2, 0.25) is 11.8 Å². The molecule has 3 atom stereocenters. The second-order valence-electron chi connectivity index (χ2n) is 9.34. The number of hydrogen-bond donors (Lipinski definition) is 5. The lowest BCUT2D eigenvalue weighted by Crippen LogP contribution is -2.56. The number of carbonyl (C=O) groups excluding carboxylic acids is 4. The SMILES string of the molecule is CC(C)[C@H](NC(=O)c1ccc(Br)c(C#N)c1)C(=O)N1CCC[C@H]1C(=O)N[C@@H](CCCNC(=N)N)C(=O)CF. The van der Waals surface area contributed by atoms with Gasteiger partial charge in [-0.05, 0) is 65.7 Å². The van der Waals surface area contributed by atoms with Crippen LogP contribution in [0.15, 0.2) is 22.7 Å². The van der Waals surface area contributed by atoms with Crippen molar-refractivity contribution in [2.45, 2.75) is 57.7 Å². The molecule has 1 aliphatic rings. The van der Waals surface area contributed by atoms with E-state index in [1.165, 1.54) is 17.0 Å². The smallest absolute Gasteiger partial charge is 0.251 e. The molecule has 1 saturated heterocycles. The van der Waals surface area contributed by atoms with Gasteiger partial charge >= 0.3 is 0 Å². The van der Waals surface area contributed by atoms with Crippen LogP contribution in [0.1, 0.15) is 55.5 Å². The second-order valence-corrected chi connectivity index (χ2v) is 10.2. The highest BCUT2D eigenvalue weighted by Gasteiger charge is 2.39. The molecule has 206 valence electrons. The van der Waals surface area contributed by atoms with Gasteiger partial charge in [0.05, 0.1) is 11.6 Å². The molecule has 0 spiro atoms. The van der Waals surface area contributed by atoms with Gasteiger partial charge in [0.25, 0.3) is 5.91 Å². The van der Waals surface area contributed by atoms with Crippen molar-refractivity contribution in [3.63, 3.8) is 0 Å². The number of nitrogens with zero attached hydrogens (tertiary/aromatic N) is 2. The molecule has 38 heavy (non-hydrogen) atoms. The summed E-state index contributed by atoms with van der Waals surface area (Å²) < 4.78 is 13.7. The number of hydrogen-bond acceptors (Lipinski definition) is 6. The molecule has 0 aromatic heterocycles. The van der Waals surface area contributed by atoms with Crippen LogP contribution in [0, 0.1) is 22.7 Å². The summed E-state index contributed by atoms with van der Waals surface area (Å²) in [4.78, 5) is 53.0. The molecule has 13 heteroatoms. The van der Waals surface area contributed by atoms with Crippen molar-refractivity contribution in [1.29, 1.82) is 10.7 Å². The van der Waals surface area contributed by atoms with Gasteiger partial charge in [0, 0.05) is 23.1 Å². The average Bonchev–Trinajstić information content (AvgIpc) is 3.38. The van der Waals surface area contributed by atoms with Crippen molar-refractivity contribution in [3.8, 4) is 6.07 Å². The zero-order valence-electron chi connectivity index (χ0n) is 21.4. The molecule has 0 bridgehead atoms. The van der Waals surface area contributed by atoms with Crippen molar-refractivity contribution >= 4 is 45.4 Å². The molecule has 1 fully saturated rings. The number of nitriles is 1. The minimum atomic E-state index is -1.25. The maximum absolute atomic E-state index is 13.5. The Hall–Kier alpha value is -3.53. The standard InChI is InChI=1S/C25H33BrFN7O4/c1-14(2)21(33-22(36)15-7-8-17(26)16(11-15)13-28)24(38)34-10-4-6-19(34)23(37)32-18(20(35)12-27)5-3-9-31-25(29)30/h7-8,11,14,18-19,21H,3-6,9-10,12H2,1-2H3,(H,32,37)(H,33,36)(H4,29,30,31)/t18-,19-,21-/m0/s1. The van der Waals surface area contributed by atoms with E-state index in [9.17, 15) is 28.8 Å². The molecule has 11 nitrogen and oxygen atoms in total. The van der Waals surface area contributed by atoms with E-state index in [-0.39, 0.29) is 42.5 Å². The Morgan fingerprint density at radius 2 is 2.00 bits per heavy atom. The number of Topliss-reactive ketones (excluding diaryl/α,β-unsaturated/α-hetero) is 1. The summed E-state index contributed by atoms with van der Waals surface area (Å²) in [6.07, 6.45) is 1.40. The van der Waals surface area contributed by atoms with E-state index in [2.05, 4.69) is 31.9 Å². The summed E-state index contributed by atoms with van der Waals surface area (Å²) in [7, 11) is 0. The third-order valence-electron chi connectivity index (χ3n) is 6.23. The van der Waals surface area contributed by atoms with E-state index in [4.69, 9.17) is 11.1 Å². The number of rotatable bonds is 12. The van der Waals surface area contributed by atoms with Crippen LogP contribution < -0.4 is 21.7 Å². The topological polar surface area (TPSA) is 181 Å². The van der Waals surface area contributed by atoms with Gasteiger partial charge in [-0.25, -0.2) is 4.39 Å². The first-order valence-corrected chi connectivity index (χ1v) is 13.1. The van der Waals surface area contributed by atoms with Crippen molar-refractivity contribution in [3.05, 3.63) is 33.8 Å². The van der Waals surface area contributed by atoms with E-state index in [0.717, 1.165) is 0 Å². The van der Waals surface area contributed by atoms with E-state index >= 15 is 0 Å². The molecule has 6 N–H and O–H groups in total. The summed E-state index contributed by atoms with van der Waals surface area (Å²) in [5.74, 6) is -2.87. The van der Waals surface area contributed by atoms with Crippen LogP contribution in [0.2, 0.25) is 0 Å². The zero-order chi connectivity index (χ0) is 28.4. The highest BCUT2D eigenvalue weighted by atomic mass is 79.9. The van der Waals surface area contributed by atoms with Crippen LogP contribution in [-0.2, 0) is 14.4 Å². The van der Waals surface area contributed by atoms with Gasteiger partial charge in [-0.15, -0.1) is 0 Å². The Morgan fingerprint density at radius 1 is 1.29 bits per heavy atom. The first-order valence-electron chi connectivity index (χ1n) is 12.3. The molecule has 0 aliphatic carbocycles. The Labute approximate surface area is 229 Å². The predicted octanol–water partition coefficient (Wildman–Crippen LogP) is 1.35. The van der Waals surface area contributed by atoms with Crippen LogP contribution in [-0.4, -0.2) is 72.3 Å². The lowest BCUT2D eigenvalue weighted by molar-refractivity contribution is -0.141. The van der Waals surface area contributed by atoms with Crippen LogP contribution in [0.4, 0.5) is 4.39 Å². The molecule has 3 amide bonds. The summed E-state index contributed by atoms with van der Waals surface area (Å²) in [5, 5.41) is 24.3. The summed E-state index contributed by atoms with van der Waals surface area (Å²) in [6.45, 7) is 2.85. The van der Waals surface area contributed by atoms with Gasteiger partial charge in [0.15, 0.2) is 11.7 Å². The quantitative estimate of drug-likeness (QED) is 0.138. The molecule has 0 saturated carbocycles. The largest absolute Gasteiger partial charge is 0.370 e. The lowest BCUT2D eigenvalue weighted by Gasteiger charge is -2.31. The van der Waals surface area contributed by atoms with Crippen LogP contribution in [0.3, 0.4) is 0 Å². The molecule has 1 aromatic rings. The van der Waals surface area contributed by atoms with Gasteiger partial charge in [-0.2, -0.15) is 5.26 Å². The molecule has 0 radical (unpaired) electrons. The number of carbonyl (C=O) groups is 4. The Kier molecular flexibility index (Phi) is 11.6. The molecular weight excluding hydrogens is 561 g/mol. The maximum atomic E-state index is 13.5. The number of likely N-dealkylation sites (tertiary alicyclic amines) is 1. The third kappa shape index (κ3) is 8.24. The van der Waals surface area contributed by atoms with Crippen LogP contribution in [0.25, 0.3) is 0 Å². The summed E-state index contributed by atoms with van der Waals surface area (Å²) in [6, 6.07) is 3.62. The Morgan fingerprint density at radius 3 is 2.61 bits per heavy atom.